The third kappa shape index (κ3) is 3.58. The molecule has 0 amide bonds. The van der Waals surface area contributed by atoms with Gasteiger partial charge in [-0.3, -0.25) is 15.0 Å². The third-order valence-electron chi connectivity index (χ3n) is 5.07. The van der Waals surface area contributed by atoms with Gasteiger partial charge in [0.2, 0.25) is 0 Å². The summed E-state index contributed by atoms with van der Waals surface area (Å²) in [6, 6.07) is 1.44. The van der Waals surface area contributed by atoms with Crippen LogP contribution in [0.5, 0.6) is 0 Å². The monoisotopic (exact) mass is 297 g/mol. The average molecular weight is 297 g/mol. The van der Waals surface area contributed by atoms with Gasteiger partial charge in [-0.1, -0.05) is 0 Å². The van der Waals surface area contributed by atoms with Gasteiger partial charge in [0.1, 0.15) is 5.54 Å². The fourth-order valence-corrected chi connectivity index (χ4v) is 3.98. The van der Waals surface area contributed by atoms with Crippen molar-refractivity contribution in [2.75, 3.05) is 34.3 Å². The zero-order valence-corrected chi connectivity index (χ0v) is 14.2. The molecule has 0 aromatic heterocycles. The maximum atomic E-state index is 12.3. The summed E-state index contributed by atoms with van der Waals surface area (Å²) in [4.78, 5) is 17.2. The Hall–Kier alpha value is -0.650. The first-order valence-corrected chi connectivity index (χ1v) is 8.14. The van der Waals surface area contributed by atoms with Gasteiger partial charge in [0.05, 0.1) is 7.11 Å². The van der Waals surface area contributed by atoms with Crippen molar-refractivity contribution in [3.8, 4) is 0 Å². The van der Waals surface area contributed by atoms with Crippen molar-refractivity contribution in [3.05, 3.63) is 0 Å². The number of carbonyl (C=O) groups is 1. The van der Waals surface area contributed by atoms with Crippen molar-refractivity contribution in [2.45, 2.75) is 63.2 Å². The molecule has 1 saturated carbocycles. The Bertz CT molecular complexity index is 373. The zero-order valence-electron chi connectivity index (χ0n) is 14.2. The van der Waals surface area contributed by atoms with Gasteiger partial charge < -0.3 is 9.64 Å². The van der Waals surface area contributed by atoms with Crippen LogP contribution in [-0.4, -0.2) is 73.7 Å². The quantitative estimate of drug-likeness (QED) is 0.770. The molecule has 0 bridgehead atoms. The lowest BCUT2D eigenvalue weighted by atomic mass is 9.96. The molecule has 3 unspecified atom stereocenters. The normalized spacial score (nSPS) is 34.0. The second kappa shape index (κ2) is 6.63. The van der Waals surface area contributed by atoms with Gasteiger partial charge in [-0.15, -0.1) is 0 Å². The highest BCUT2D eigenvalue weighted by Gasteiger charge is 2.48. The summed E-state index contributed by atoms with van der Waals surface area (Å²) in [5, 5.41) is 3.48. The number of rotatable bonds is 5. The van der Waals surface area contributed by atoms with E-state index in [1.807, 2.05) is 0 Å². The number of nitrogens with one attached hydrogen (secondary N) is 1. The number of carbonyl (C=O) groups excluding carboxylic acids is 1. The van der Waals surface area contributed by atoms with Gasteiger partial charge >= 0.3 is 5.97 Å². The van der Waals surface area contributed by atoms with Crippen LogP contribution in [0.1, 0.15) is 39.5 Å². The molecule has 3 atom stereocenters. The highest BCUT2D eigenvalue weighted by Crippen LogP contribution is 2.36. The fraction of sp³-hybridized carbons (Fsp3) is 0.938. The molecule has 1 aliphatic carbocycles. The number of likely N-dealkylation sites (N-methyl/N-ethyl adjacent to an activating group) is 1. The molecule has 0 spiro atoms. The minimum absolute atomic E-state index is 0.0953. The molecule has 1 saturated heterocycles. The number of methoxy groups -OCH3 is 1. The van der Waals surface area contributed by atoms with E-state index < -0.39 is 5.54 Å². The second-order valence-electron chi connectivity index (χ2n) is 7.17. The van der Waals surface area contributed by atoms with Crippen molar-refractivity contribution in [2.24, 2.45) is 0 Å². The number of hydrogen-bond donors (Lipinski definition) is 1. The Morgan fingerprint density at radius 1 is 1.38 bits per heavy atom. The van der Waals surface area contributed by atoms with Crippen LogP contribution in [0.25, 0.3) is 0 Å². The smallest absolute Gasteiger partial charge is 0.326 e. The molecule has 1 aliphatic heterocycles. The Balaban J connectivity index is 2.01. The maximum absolute atomic E-state index is 12.3. The summed E-state index contributed by atoms with van der Waals surface area (Å²) in [5.74, 6) is -0.0953. The molecule has 1 heterocycles. The number of nitrogens with zero attached hydrogens (tertiary/aromatic N) is 2. The van der Waals surface area contributed by atoms with E-state index in [0.717, 1.165) is 32.4 Å². The van der Waals surface area contributed by atoms with Crippen molar-refractivity contribution in [3.63, 3.8) is 0 Å². The van der Waals surface area contributed by atoms with Crippen LogP contribution in [0.3, 0.4) is 0 Å². The maximum Gasteiger partial charge on any atom is 0.326 e. The van der Waals surface area contributed by atoms with E-state index >= 15 is 0 Å². The molecular formula is C16H31N3O2. The Morgan fingerprint density at radius 2 is 2.10 bits per heavy atom. The molecule has 2 rings (SSSR count). The van der Waals surface area contributed by atoms with Gasteiger partial charge in [0, 0.05) is 31.2 Å². The van der Waals surface area contributed by atoms with Crippen LogP contribution in [-0.2, 0) is 9.53 Å². The lowest BCUT2D eigenvalue weighted by Gasteiger charge is -2.31. The predicted octanol–water partition coefficient (Wildman–Crippen LogP) is 1.08. The van der Waals surface area contributed by atoms with E-state index in [1.54, 1.807) is 0 Å². The summed E-state index contributed by atoms with van der Waals surface area (Å²) in [6.07, 6.45) is 4.06. The van der Waals surface area contributed by atoms with Gasteiger partial charge in [-0.2, -0.15) is 0 Å². The van der Waals surface area contributed by atoms with Crippen LogP contribution in [0, 0.1) is 0 Å². The first-order chi connectivity index (χ1) is 9.88. The largest absolute Gasteiger partial charge is 0.468 e. The van der Waals surface area contributed by atoms with Crippen LogP contribution in [0.4, 0.5) is 0 Å². The molecule has 0 aromatic rings. The summed E-state index contributed by atoms with van der Waals surface area (Å²) in [6.45, 7) is 6.45. The Kier molecular flexibility index (Phi) is 5.28. The average Bonchev–Trinajstić information content (AvgIpc) is 3.04. The summed E-state index contributed by atoms with van der Waals surface area (Å²) in [7, 11) is 5.81. The minimum Gasteiger partial charge on any atom is -0.468 e. The van der Waals surface area contributed by atoms with E-state index in [-0.39, 0.29) is 12.0 Å². The molecule has 21 heavy (non-hydrogen) atoms. The molecule has 0 radical (unpaired) electrons. The summed E-state index contributed by atoms with van der Waals surface area (Å²) < 4.78 is 5.08. The van der Waals surface area contributed by atoms with Gasteiger partial charge in [0.25, 0.3) is 0 Å². The standard InChI is InChI=1S/C16H31N3O2/c1-12(2)17-16(15(20)21-5)8-6-13(10-16)19-9-7-14(11-19)18(3)4/h12-14,17H,6-11H2,1-5H3. The highest BCUT2D eigenvalue weighted by atomic mass is 16.5. The first kappa shape index (κ1) is 16.7. The molecule has 2 fully saturated rings. The van der Waals surface area contributed by atoms with Crippen molar-refractivity contribution in [1.29, 1.82) is 0 Å². The Labute approximate surface area is 129 Å². The van der Waals surface area contributed by atoms with Crippen molar-refractivity contribution >= 4 is 5.97 Å². The Morgan fingerprint density at radius 3 is 2.62 bits per heavy atom. The van der Waals surface area contributed by atoms with E-state index in [4.69, 9.17) is 4.74 Å². The molecule has 1 N–H and O–H groups in total. The van der Waals surface area contributed by atoms with Crippen LogP contribution in [0.15, 0.2) is 0 Å². The van der Waals surface area contributed by atoms with Gasteiger partial charge in [-0.05, 0) is 53.6 Å². The minimum atomic E-state index is -0.482. The van der Waals surface area contributed by atoms with Crippen LogP contribution < -0.4 is 5.32 Å². The summed E-state index contributed by atoms with van der Waals surface area (Å²) >= 11 is 0. The van der Waals surface area contributed by atoms with Crippen molar-refractivity contribution < 1.29 is 9.53 Å². The molecule has 122 valence electrons. The second-order valence-corrected chi connectivity index (χ2v) is 7.17. The molecular weight excluding hydrogens is 266 g/mol. The van der Waals surface area contributed by atoms with Crippen LogP contribution in [0.2, 0.25) is 0 Å². The van der Waals surface area contributed by atoms with Gasteiger partial charge in [0.15, 0.2) is 0 Å². The molecule has 5 nitrogen and oxygen atoms in total. The summed E-state index contributed by atoms with van der Waals surface area (Å²) in [5.41, 5.74) is -0.482. The lowest BCUT2D eigenvalue weighted by Crippen LogP contribution is -2.54. The van der Waals surface area contributed by atoms with Gasteiger partial charge in [-0.25, -0.2) is 0 Å². The van der Waals surface area contributed by atoms with E-state index in [1.165, 1.54) is 13.5 Å². The SMILES string of the molecule is COC(=O)C1(NC(C)C)CCC(N2CCC(N(C)C)C2)C1. The first-order valence-electron chi connectivity index (χ1n) is 8.14. The number of ether oxygens (including phenoxy) is 1. The third-order valence-corrected chi connectivity index (χ3v) is 5.07. The number of esters is 1. The molecule has 0 aromatic carbocycles. The predicted molar refractivity (Wildman–Crippen MR) is 84.3 cm³/mol. The van der Waals surface area contributed by atoms with Crippen molar-refractivity contribution in [1.82, 2.24) is 15.1 Å². The number of likely N-dealkylation sites (tertiary alicyclic amines) is 1. The zero-order chi connectivity index (χ0) is 15.6. The van der Waals surface area contributed by atoms with E-state index in [2.05, 4.69) is 43.1 Å². The highest BCUT2D eigenvalue weighted by molar-refractivity contribution is 5.81. The fourth-order valence-electron chi connectivity index (χ4n) is 3.98. The van der Waals surface area contributed by atoms with E-state index in [0.29, 0.717) is 12.1 Å². The van der Waals surface area contributed by atoms with E-state index in [9.17, 15) is 4.79 Å². The topological polar surface area (TPSA) is 44.8 Å². The number of hydrogen-bond acceptors (Lipinski definition) is 5. The van der Waals surface area contributed by atoms with Crippen LogP contribution >= 0.6 is 0 Å². The molecule has 2 aliphatic rings. The molecule has 5 heteroatoms. The lowest BCUT2D eigenvalue weighted by molar-refractivity contribution is -0.149.